The first kappa shape index (κ1) is 12.0. The van der Waals surface area contributed by atoms with Gasteiger partial charge in [0.1, 0.15) is 5.82 Å². The smallest absolute Gasteiger partial charge is 0.109 e. The fraction of sp³-hybridized carbons (Fsp3) is 0.533. The van der Waals surface area contributed by atoms with E-state index >= 15 is 0 Å². The van der Waals surface area contributed by atoms with Crippen molar-refractivity contribution in [3.05, 3.63) is 30.1 Å². The van der Waals surface area contributed by atoms with Crippen LogP contribution in [0.2, 0.25) is 0 Å². The molecule has 96 valence electrons. The maximum absolute atomic E-state index is 6.34. The van der Waals surface area contributed by atoms with E-state index in [0.717, 1.165) is 30.7 Å². The van der Waals surface area contributed by atoms with Crippen LogP contribution < -0.4 is 0 Å². The molecule has 1 fully saturated rings. The molecular formula is C15H19ClN2. The van der Waals surface area contributed by atoms with Crippen LogP contribution in [0, 0.1) is 5.92 Å². The third-order valence-corrected chi connectivity index (χ3v) is 4.47. The highest BCUT2D eigenvalue weighted by molar-refractivity contribution is 6.20. The van der Waals surface area contributed by atoms with Gasteiger partial charge in [-0.2, -0.15) is 0 Å². The fourth-order valence-corrected chi connectivity index (χ4v) is 2.97. The molecule has 0 aliphatic heterocycles. The van der Waals surface area contributed by atoms with Crippen LogP contribution in [0.1, 0.15) is 31.5 Å². The maximum Gasteiger partial charge on any atom is 0.109 e. The molecule has 1 aromatic heterocycles. The molecular weight excluding hydrogens is 244 g/mol. The highest BCUT2D eigenvalue weighted by Crippen LogP contribution is 2.37. The topological polar surface area (TPSA) is 17.8 Å². The molecule has 2 aromatic rings. The Kier molecular flexibility index (Phi) is 3.29. The molecule has 0 spiro atoms. The highest BCUT2D eigenvalue weighted by Gasteiger charge is 2.29. The molecule has 1 heterocycles. The summed E-state index contributed by atoms with van der Waals surface area (Å²) in [4.78, 5) is 4.69. The first-order valence-electron chi connectivity index (χ1n) is 6.80. The average Bonchev–Trinajstić information content (AvgIpc) is 3.17. The lowest BCUT2D eigenvalue weighted by Gasteiger charge is -2.07. The van der Waals surface area contributed by atoms with Gasteiger partial charge < -0.3 is 4.57 Å². The van der Waals surface area contributed by atoms with E-state index in [9.17, 15) is 0 Å². The Morgan fingerprint density at radius 1 is 1.39 bits per heavy atom. The Balaban J connectivity index is 1.65. The number of aryl methyl sites for hydroxylation is 2. The number of aromatic nitrogens is 2. The first-order valence-corrected chi connectivity index (χ1v) is 7.24. The van der Waals surface area contributed by atoms with Crippen LogP contribution in [-0.2, 0) is 13.5 Å². The number of rotatable bonds is 5. The van der Waals surface area contributed by atoms with Crippen molar-refractivity contribution in [1.82, 2.24) is 9.55 Å². The predicted octanol–water partition coefficient (Wildman–Crippen LogP) is 3.91. The Labute approximate surface area is 113 Å². The van der Waals surface area contributed by atoms with Gasteiger partial charge in [-0.1, -0.05) is 12.1 Å². The molecule has 3 heteroatoms. The van der Waals surface area contributed by atoms with Gasteiger partial charge in [-0.15, -0.1) is 11.6 Å². The molecule has 2 nitrogen and oxygen atoms in total. The van der Waals surface area contributed by atoms with Crippen molar-refractivity contribution in [3.63, 3.8) is 0 Å². The number of para-hydroxylation sites is 2. The SMILES string of the molecule is Cn1c(CCCC(Cl)C2CC2)nc2ccccc21. The maximum atomic E-state index is 6.34. The first-order chi connectivity index (χ1) is 8.75. The van der Waals surface area contributed by atoms with E-state index in [1.54, 1.807) is 0 Å². The second kappa shape index (κ2) is 4.93. The van der Waals surface area contributed by atoms with Crippen LogP contribution in [0.15, 0.2) is 24.3 Å². The number of benzene rings is 1. The van der Waals surface area contributed by atoms with Crippen LogP contribution in [0.5, 0.6) is 0 Å². The lowest BCUT2D eigenvalue weighted by atomic mass is 10.1. The summed E-state index contributed by atoms with van der Waals surface area (Å²) >= 11 is 6.34. The minimum atomic E-state index is 0.389. The van der Waals surface area contributed by atoms with Gasteiger partial charge in [0.2, 0.25) is 0 Å². The van der Waals surface area contributed by atoms with Gasteiger partial charge in [-0.25, -0.2) is 4.98 Å². The second-order valence-corrected chi connectivity index (χ2v) is 5.88. The van der Waals surface area contributed by atoms with Crippen molar-refractivity contribution in [2.24, 2.45) is 13.0 Å². The summed E-state index contributed by atoms with van der Waals surface area (Å²) in [7, 11) is 2.10. The Hall–Kier alpha value is -1.02. The van der Waals surface area contributed by atoms with Crippen molar-refractivity contribution in [2.45, 2.75) is 37.5 Å². The average molecular weight is 263 g/mol. The van der Waals surface area contributed by atoms with Gasteiger partial charge in [0, 0.05) is 18.8 Å². The molecule has 0 amide bonds. The van der Waals surface area contributed by atoms with Gasteiger partial charge in [-0.05, 0) is 43.7 Å². The number of imidazole rings is 1. The third kappa shape index (κ3) is 2.39. The standard InChI is InChI=1S/C15H19ClN2/c1-18-14-7-3-2-6-13(14)17-15(18)8-4-5-12(16)11-9-10-11/h2-3,6-7,11-12H,4-5,8-10H2,1H3. The largest absolute Gasteiger partial charge is 0.331 e. The molecule has 1 atom stereocenters. The van der Waals surface area contributed by atoms with Gasteiger partial charge in [0.15, 0.2) is 0 Å². The van der Waals surface area contributed by atoms with Gasteiger partial charge in [0.05, 0.1) is 11.0 Å². The lowest BCUT2D eigenvalue weighted by molar-refractivity contribution is 0.619. The van der Waals surface area contributed by atoms with Crippen LogP contribution >= 0.6 is 11.6 Å². The summed E-state index contributed by atoms with van der Waals surface area (Å²) in [6, 6.07) is 8.31. The van der Waals surface area contributed by atoms with Gasteiger partial charge in [-0.3, -0.25) is 0 Å². The number of nitrogens with zero attached hydrogens (tertiary/aromatic N) is 2. The Bertz CT molecular complexity index is 542. The van der Waals surface area contributed by atoms with E-state index < -0.39 is 0 Å². The molecule has 0 bridgehead atoms. The summed E-state index contributed by atoms with van der Waals surface area (Å²) < 4.78 is 2.20. The molecule has 0 saturated heterocycles. The summed E-state index contributed by atoms with van der Waals surface area (Å²) in [5, 5.41) is 0.389. The van der Waals surface area contributed by atoms with E-state index in [4.69, 9.17) is 11.6 Å². The lowest BCUT2D eigenvalue weighted by Crippen LogP contribution is -2.04. The molecule has 1 unspecified atom stereocenters. The van der Waals surface area contributed by atoms with E-state index in [1.807, 2.05) is 6.07 Å². The van der Waals surface area contributed by atoms with E-state index in [2.05, 4.69) is 34.8 Å². The molecule has 1 saturated carbocycles. The van der Waals surface area contributed by atoms with Crippen LogP contribution in [0.3, 0.4) is 0 Å². The van der Waals surface area contributed by atoms with Crippen molar-refractivity contribution in [3.8, 4) is 0 Å². The zero-order valence-electron chi connectivity index (χ0n) is 10.8. The second-order valence-electron chi connectivity index (χ2n) is 5.32. The summed E-state index contributed by atoms with van der Waals surface area (Å²) in [5.74, 6) is 1.97. The molecule has 18 heavy (non-hydrogen) atoms. The number of hydrogen-bond acceptors (Lipinski definition) is 1. The number of hydrogen-bond donors (Lipinski definition) is 0. The van der Waals surface area contributed by atoms with E-state index in [1.165, 1.54) is 24.2 Å². The minimum absolute atomic E-state index is 0.389. The Morgan fingerprint density at radius 3 is 2.89 bits per heavy atom. The molecule has 0 N–H and O–H groups in total. The zero-order chi connectivity index (χ0) is 12.5. The minimum Gasteiger partial charge on any atom is -0.331 e. The molecule has 3 rings (SSSR count). The monoisotopic (exact) mass is 262 g/mol. The summed E-state index contributed by atoms with van der Waals surface area (Å²) in [6.07, 6.45) is 5.96. The fourth-order valence-electron chi connectivity index (χ4n) is 2.57. The normalized spacial score (nSPS) is 17.2. The third-order valence-electron chi connectivity index (χ3n) is 3.89. The van der Waals surface area contributed by atoms with Gasteiger partial charge in [0.25, 0.3) is 0 Å². The van der Waals surface area contributed by atoms with Crippen molar-refractivity contribution in [2.75, 3.05) is 0 Å². The Morgan fingerprint density at radius 2 is 2.17 bits per heavy atom. The summed E-state index contributed by atoms with van der Waals surface area (Å²) in [5.41, 5.74) is 2.32. The van der Waals surface area contributed by atoms with Crippen LogP contribution in [-0.4, -0.2) is 14.9 Å². The molecule has 0 radical (unpaired) electrons. The zero-order valence-corrected chi connectivity index (χ0v) is 11.5. The predicted molar refractivity (Wildman–Crippen MR) is 76.0 cm³/mol. The van der Waals surface area contributed by atoms with Crippen LogP contribution in [0.25, 0.3) is 11.0 Å². The molecule has 1 aliphatic rings. The summed E-state index contributed by atoms with van der Waals surface area (Å²) in [6.45, 7) is 0. The molecule has 1 aromatic carbocycles. The molecule has 1 aliphatic carbocycles. The quantitative estimate of drug-likeness (QED) is 0.747. The van der Waals surface area contributed by atoms with Crippen LogP contribution in [0.4, 0.5) is 0 Å². The van der Waals surface area contributed by atoms with Gasteiger partial charge >= 0.3 is 0 Å². The van der Waals surface area contributed by atoms with Crippen molar-refractivity contribution >= 4 is 22.6 Å². The van der Waals surface area contributed by atoms with Crippen molar-refractivity contribution in [1.29, 1.82) is 0 Å². The van der Waals surface area contributed by atoms with E-state index in [-0.39, 0.29) is 0 Å². The number of halogens is 1. The van der Waals surface area contributed by atoms with Crippen molar-refractivity contribution < 1.29 is 0 Å². The number of alkyl halides is 1. The van der Waals surface area contributed by atoms with E-state index in [0.29, 0.717) is 5.38 Å². The number of fused-ring (bicyclic) bond motifs is 1. The highest BCUT2D eigenvalue weighted by atomic mass is 35.5.